The third-order valence-corrected chi connectivity index (χ3v) is 4.75. The number of aryl methyl sites for hydroxylation is 1. The Morgan fingerprint density at radius 3 is 2.33 bits per heavy atom. The third-order valence-electron chi connectivity index (χ3n) is 3.60. The van der Waals surface area contributed by atoms with E-state index >= 15 is 0 Å². The molecule has 0 radical (unpaired) electrons. The number of thioether (sulfide) groups is 1. The summed E-state index contributed by atoms with van der Waals surface area (Å²) in [6.07, 6.45) is -5.52. The summed E-state index contributed by atoms with van der Waals surface area (Å²) in [5.74, 6) is -1.13. The van der Waals surface area contributed by atoms with Crippen molar-refractivity contribution in [1.29, 1.82) is 0 Å². The minimum Gasteiger partial charge on any atom is -0.452 e. The minimum atomic E-state index is -4.44. The fourth-order valence-corrected chi connectivity index (χ4v) is 2.94. The van der Waals surface area contributed by atoms with E-state index in [0.717, 1.165) is 34.7 Å². The number of halogens is 3. The Morgan fingerprint density at radius 2 is 1.74 bits per heavy atom. The van der Waals surface area contributed by atoms with Crippen LogP contribution in [0.1, 0.15) is 18.1 Å². The van der Waals surface area contributed by atoms with E-state index in [2.05, 4.69) is 5.32 Å². The van der Waals surface area contributed by atoms with Crippen LogP contribution >= 0.6 is 11.8 Å². The van der Waals surface area contributed by atoms with Crippen LogP contribution in [0, 0.1) is 6.92 Å². The number of esters is 1. The molecule has 1 amide bonds. The van der Waals surface area contributed by atoms with Crippen molar-refractivity contribution in [2.45, 2.75) is 31.0 Å². The maximum Gasteiger partial charge on any atom is 0.416 e. The third kappa shape index (κ3) is 6.32. The molecule has 0 saturated heterocycles. The Hall–Kier alpha value is -2.48. The van der Waals surface area contributed by atoms with Crippen LogP contribution in [0.2, 0.25) is 0 Å². The van der Waals surface area contributed by atoms with Crippen LogP contribution in [-0.4, -0.2) is 23.7 Å². The second kappa shape index (κ2) is 8.94. The summed E-state index contributed by atoms with van der Waals surface area (Å²) in [5.41, 5.74) is 0.404. The molecule has 2 aromatic rings. The fourth-order valence-electron chi connectivity index (χ4n) is 2.13. The number of carbonyl (C=O) groups is 2. The molecule has 0 saturated carbocycles. The molecule has 27 heavy (non-hydrogen) atoms. The molecule has 1 atom stereocenters. The van der Waals surface area contributed by atoms with Gasteiger partial charge in [-0.1, -0.05) is 18.2 Å². The van der Waals surface area contributed by atoms with Crippen molar-refractivity contribution in [3.05, 3.63) is 59.7 Å². The van der Waals surface area contributed by atoms with Crippen LogP contribution < -0.4 is 5.32 Å². The Kier molecular flexibility index (Phi) is 6.90. The molecule has 0 heterocycles. The summed E-state index contributed by atoms with van der Waals surface area (Å²) in [6.45, 7) is 3.32. The number of hydrogen-bond donors (Lipinski definition) is 1. The highest BCUT2D eigenvalue weighted by molar-refractivity contribution is 8.00. The zero-order valence-electron chi connectivity index (χ0n) is 14.7. The summed E-state index contributed by atoms with van der Waals surface area (Å²) in [7, 11) is 0. The van der Waals surface area contributed by atoms with E-state index < -0.39 is 29.7 Å². The summed E-state index contributed by atoms with van der Waals surface area (Å²) in [5, 5.41) is 2.42. The summed E-state index contributed by atoms with van der Waals surface area (Å²) in [4.78, 5) is 24.9. The molecule has 8 heteroatoms. The standard InChI is InChI=1S/C19H18F3NO3S/c1-12-5-3-4-6-16(12)27-11-17(24)26-13(2)18(25)23-15-9-7-14(8-10-15)19(20,21)22/h3-10,13H,11H2,1-2H3,(H,23,25)/t13-/m0/s1. The van der Waals surface area contributed by atoms with Gasteiger partial charge in [-0.25, -0.2) is 0 Å². The number of rotatable bonds is 6. The van der Waals surface area contributed by atoms with Crippen LogP contribution in [-0.2, 0) is 20.5 Å². The van der Waals surface area contributed by atoms with Crippen molar-refractivity contribution in [3.63, 3.8) is 0 Å². The number of alkyl halides is 3. The summed E-state index contributed by atoms with van der Waals surface area (Å²) >= 11 is 1.30. The van der Waals surface area contributed by atoms with Gasteiger partial charge in [0.2, 0.25) is 0 Å². The predicted octanol–water partition coefficient (Wildman–Crippen LogP) is 4.68. The van der Waals surface area contributed by atoms with Crippen molar-refractivity contribution in [3.8, 4) is 0 Å². The smallest absolute Gasteiger partial charge is 0.416 e. The van der Waals surface area contributed by atoms with Crippen molar-refractivity contribution in [1.82, 2.24) is 0 Å². The van der Waals surface area contributed by atoms with Crippen LogP contribution in [0.5, 0.6) is 0 Å². The van der Waals surface area contributed by atoms with E-state index in [9.17, 15) is 22.8 Å². The van der Waals surface area contributed by atoms with Gasteiger partial charge in [0.1, 0.15) is 0 Å². The first-order chi connectivity index (χ1) is 12.7. The monoisotopic (exact) mass is 397 g/mol. The van der Waals surface area contributed by atoms with Crippen molar-refractivity contribution in [2.24, 2.45) is 0 Å². The normalized spacial score (nSPS) is 12.3. The number of ether oxygens (including phenoxy) is 1. The molecule has 2 aromatic carbocycles. The van der Waals surface area contributed by atoms with Gasteiger partial charge in [0.15, 0.2) is 6.10 Å². The van der Waals surface area contributed by atoms with Crippen molar-refractivity contribution >= 4 is 29.3 Å². The molecule has 2 rings (SSSR count). The Balaban J connectivity index is 1.84. The van der Waals surface area contributed by atoms with Gasteiger partial charge in [0, 0.05) is 10.6 Å². The summed E-state index contributed by atoms with van der Waals surface area (Å²) in [6, 6.07) is 11.6. The summed E-state index contributed by atoms with van der Waals surface area (Å²) < 4.78 is 42.7. The molecule has 0 aliphatic rings. The number of hydrogen-bond acceptors (Lipinski definition) is 4. The molecule has 144 valence electrons. The zero-order chi connectivity index (χ0) is 20.0. The lowest BCUT2D eigenvalue weighted by atomic mass is 10.2. The largest absolute Gasteiger partial charge is 0.452 e. The molecular weight excluding hydrogens is 379 g/mol. The molecule has 4 nitrogen and oxygen atoms in total. The van der Waals surface area contributed by atoms with Gasteiger partial charge < -0.3 is 10.1 Å². The quantitative estimate of drug-likeness (QED) is 0.568. The van der Waals surface area contributed by atoms with Crippen molar-refractivity contribution < 1.29 is 27.5 Å². The predicted molar refractivity (Wildman–Crippen MR) is 97.5 cm³/mol. The van der Waals surface area contributed by atoms with Crippen LogP contribution in [0.3, 0.4) is 0 Å². The maximum absolute atomic E-state index is 12.5. The van der Waals surface area contributed by atoms with Gasteiger partial charge in [-0.05, 0) is 49.7 Å². The minimum absolute atomic E-state index is 0.0444. The first-order valence-corrected chi connectivity index (χ1v) is 9.01. The fraction of sp³-hybridized carbons (Fsp3) is 0.263. The first-order valence-electron chi connectivity index (χ1n) is 8.03. The number of amides is 1. The molecule has 0 bridgehead atoms. The highest BCUT2D eigenvalue weighted by atomic mass is 32.2. The van der Waals surface area contributed by atoms with Crippen LogP contribution in [0.4, 0.5) is 18.9 Å². The molecule has 0 spiro atoms. The van der Waals surface area contributed by atoms with Crippen LogP contribution in [0.15, 0.2) is 53.4 Å². The molecule has 0 aliphatic carbocycles. The molecule has 0 aliphatic heterocycles. The molecule has 1 N–H and O–H groups in total. The van der Waals surface area contributed by atoms with Gasteiger partial charge in [-0.2, -0.15) is 13.2 Å². The number of anilines is 1. The molecule has 0 fully saturated rings. The Labute approximate surface area is 159 Å². The van der Waals surface area contributed by atoms with Gasteiger partial charge >= 0.3 is 12.1 Å². The maximum atomic E-state index is 12.5. The highest BCUT2D eigenvalue weighted by Crippen LogP contribution is 2.29. The lowest BCUT2D eigenvalue weighted by Crippen LogP contribution is -2.30. The van der Waals surface area contributed by atoms with E-state index in [0.29, 0.717) is 0 Å². The number of carbonyl (C=O) groups excluding carboxylic acids is 2. The van der Waals surface area contributed by atoms with Gasteiger partial charge in [-0.15, -0.1) is 11.8 Å². The van der Waals surface area contributed by atoms with Gasteiger partial charge in [0.25, 0.3) is 5.91 Å². The van der Waals surface area contributed by atoms with Gasteiger partial charge in [-0.3, -0.25) is 9.59 Å². The molecule has 0 unspecified atom stereocenters. The molecule has 0 aromatic heterocycles. The second-order valence-corrected chi connectivity index (χ2v) is 6.77. The SMILES string of the molecule is Cc1ccccc1SCC(=O)O[C@@H](C)C(=O)Nc1ccc(C(F)(F)F)cc1. The number of nitrogens with one attached hydrogen (secondary N) is 1. The Morgan fingerprint density at radius 1 is 1.11 bits per heavy atom. The lowest BCUT2D eigenvalue weighted by molar-refractivity contribution is -0.150. The first kappa shape index (κ1) is 20.8. The van der Waals surface area contributed by atoms with E-state index in [1.54, 1.807) is 0 Å². The highest BCUT2D eigenvalue weighted by Gasteiger charge is 2.30. The zero-order valence-corrected chi connectivity index (χ0v) is 15.5. The topological polar surface area (TPSA) is 55.4 Å². The lowest BCUT2D eigenvalue weighted by Gasteiger charge is -2.14. The number of benzene rings is 2. The average Bonchev–Trinajstić information content (AvgIpc) is 2.60. The molecular formula is C19H18F3NO3S. The average molecular weight is 397 g/mol. The van der Waals surface area contributed by atoms with E-state index in [-0.39, 0.29) is 11.4 Å². The van der Waals surface area contributed by atoms with E-state index in [1.807, 2.05) is 31.2 Å². The van der Waals surface area contributed by atoms with Crippen LogP contribution in [0.25, 0.3) is 0 Å². The van der Waals surface area contributed by atoms with Gasteiger partial charge in [0.05, 0.1) is 11.3 Å². The Bertz CT molecular complexity index is 807. The van der Waals surface area contributed by atoms with E-state index in [4.69, 9.17) is 4.74 Å². The van der Waals surface area contributed by atoms with E-state index in [1.165, 1.54) is 18.7 Å². The second-order valence-electron chi connectivity index (χ2n) is 5.75. The van der Waals surface area contributed by atoms with Crippen molar-refractivity contribution in [2.75, 3.05) is 11.1 Å².